The van der Waals surface area contributed by atoms with E-state index in [1.807, 2.05) is 71.8 Å². The number of phenols is 1. The average Bonchev–Trinajstić information content (AvgIpc) is 0.824. The Labute approximate surface area is 830 Å². The number of nitrogens with zero attached hydrogens (tertiary/aromatic N) is 22. The number of hydrogen-bond acceptors (Lipinski definition) is 24. The third kappa shape index (κ3) is 18.3. The number of aromatic hydroxyl groups is 1. The molecule has 25 rings (SSSR count). The van der Waals surface area contributed by atoms with Gasteiger partial charge in [0.2, 0.25) is 23.6 Å². The van der Waals surface area contributed by atoms with Gasteiger partial charge in [-0.2, -0.15) is 15.3 Å². The lowest BCUT2D eigenvalue weighted by atomic mass is 9.95. The number of carbonyl (C=O) groups is 4. The summed E-state index contributed by atoms with van der Waals surface area (Å²) in [5, 5.41) is 48.9. The van der Waals surface area contributed by atoms with Crippen molar-refractivity contribution in [2.75, 3.05) is 115 Å². The molecule has 0 bridgehead atoms. The van der Waals surface area contributed by atoms with E-state index in [0.29, 0.717) is 83.2 Å². The van der Waals surface area contributed by atoms with Crippen molar-refractivity contribution in [3.05, 3.63) is 298 Å². The smallest absolute Gasteiger partial charge is 0.246 e. The van der Waals surface area contributed by atoms with Crippen LogP contribution in [0.5, 0.6) is 5.75 Å². The van der Waals surface area contributed by atoms with Crippen molar-refractivity contribution in [1.29, 1.82) is 0 Å². The molecule has 7 aliphatic rings. The summed E-state index contributed by atoms with van der Waals surface area (Å²) in [4.78, 5) is 115. The van der Waals surface area contributed by atoms with Crippen molar-refractivity contribution >= 4 is 128 Å². The topological polar surface area (TPSA) is 368 Å². The maximum atomic E-state index is 12.0. The predicted molar refractivity (Wildman–Crippen MR) is 563 cm³/mol. The molecule has 722 valence electrons. The summed E-state index contributed by atoms with van der Waals surface area (Å²) in [6.07, 6.45) is 25.5. The molecular formula is C112H109N27O5. The van der Waals surface area contributed by atoms with Crippen LogP contribution >= 0.6 is 0 Å². The number of aryl methyl sites for hydroxylation is 3. The number of likely N-dealkylation sites (N-methyl/N-ethyl adjacent to an activating group) is 1. The summed E-state index contributed by atoms with van der Waals surface area (Å²) >= 11 is 0. The Hall–Kier alpha value is -16.7. The predicted octanol–water partition coefficient (Wildman–Crippen LogP) is 16.5. The Morgan fingerprint density at radius 2 is 0.875 bits per heavy atom. The second kappa shape index (κ2) is 39.0. The fourth-order valence-electron chi connectivity index (χ4n) is 20.6. The SMILES string of the molecule is C=CC(=O)N1CC(c2nc(-n3ccnc3)c3cc(-c4cc(O)cc5ccccc45)ccc3n2)C1.C=CC(=O)N1CC(c2nc(N3CC(N(C)C)C3)c3cc(-c4c(C)ccc5[nH]ncc45)ccc3n2)C1.C=CC(=O)N1CC(c2nc(NC3CCN(C4CC4)CC3)c3cc(-c4c(C)ccc5[nH]ncc45)ccc3n2)C1.C=CC(=O)N1CC(c2nc(NCCc3ncccn3)c3cc(-c4c(C)ccc5[nH]ncc45)ccc3n2)C1. The van der Waals surface area contributed by atoms with Gasteiger partial charge in [0.05, 0.1) is 80.9 Å². The van der Waals surface area contributed by atoms with Crippen molar-refractivity contribution < 1.29 is 24.3 Å². The molecule has 32 nitrogen and oxygen atoms in total. The molecule has 9 aromatic carbocycles. The largest absolute Gasteiger partial charge is 0.508 e. The van der Waals surface area contributed by atoms with E-state index in [-0.39, 0.29) is 53.0 Å². The first kappa shape index (κ1) is 92.3. The third-order valence-electron chi connectivity index (χ3n) is 29.1. The molecule has 18 aromatic rings. The fourth-order valence-corrected chi connectivity index (χ4v) is 20.6. The van der Waals surface area contributed by atoms with Crippen LogP contribution < -0.4 is 15.5 Å². The van der Waals surface area contributed by atoms with Gasteiger partial charge >= 0.3 is 0 Å². The molecule has 0 unspecified atom stereocenters. The highest BCUT2D eigenvalue weighted by atomic mass is 16.3. The summed E-state index contributed by atoms with van der Waals surface area (Å²) in [5.41, 5.74) is 18.9. The first-order chi connectivity index (χ1) is 70.2. The van der Waals surface area contributed by atoms with Crippen LogP contribution in [0.2, 0.25) is 0 Å². The van der Waals surface area contributed by atoms with Gasteiger partial charge in [0, 0.05) is 172 Å². The summed E-state index contributed by atoms with van der Waals surface area (Å²) in [7, 11) is 4.25. The number of fused-ring (bicyclic) bond motifs is 8. The van der Waals surface area contributed by atoms with Gasteiger partial charge < -0.3 is 50.0 Å². The normalized spacial score (nSPS) is 15.9. The van der Waals surface area contributed by atoms with E-state index in [4.69, 9.17) is 39.9 Å². The molecule has 6 N–H and O–H groups in total. The van der Waals surface area contributed by atoms with Gasteiger partial charge in [-0.25, -0.2) is 54.8 Å². The highest BCUT2D eigenvalue weighted by molar-refractivity contribution is 6.06. The van der Waals surface area contributed by atoms with Gasteiger partial charge in [0.25, 0.3) is 0 Å². The molecule has 0 radical (unpaired) electrons. The number of phenolic OH excluding ortho intramolecular Hbond substituents is 1. The van der Waals surface area contributed by atoms with Gasteiger partial charge in [0.15, 0.2) is 0 Å². The summed E-state index contributed by atoms with van der Waals surface area (Å²) in [6, 6.07) is 53.0. The van der Waals surface area contributed by atoms with Crippen molar-refractivity contribution in [3.8, 4) is 56.1 Å². The summed E-state index contributed by atoms with van der Waals surface area (Å²) in [5.74, 6) is 7.70. The lowest BCUT2D eigenvalue weighted by Crippen LogP contribution is -2.58. The maximum Gasteiger partial charge on any atom is 0.246 e. The Morgan fingerprint density at radius 1 is 0.444 bits per heavy atom. The minimum absolute atomic E-state index is 0.0313. The molecular weight excluding hydrogens is 1800 g/mol. The number of likely N-dealkylation sites (tertiary alicyclic amines) is 5. The fraction of sp³-hybridized carbons (Fsp3) is 0.268. The Balaban J connectivity index is 0.000000110. The second-order valence-corrected chi connectivity index (χ2v) is 38.7. The number of aromatic nitrogens is 18. The van der Waals surface area contributed by atoms with Crippen molar-refractivity contribution in [1.82, 2.24) is 119 Å². The van der Waals surface area contributed by atoms with Crippen molar-refractivity contribution in [3.63, 3.8) is 0 Å². The number of piperidine rings is 1. The minimum atomic E-state index is -0.0742. The molecule has 6 aliphatic heterocycles. The number of anilines is 3. The number of hydrogen-bond donors (Lipinski definition) is 6. The van der Waals surface area contributed by atoms with Gasteiger partial charge in [-0.05, 0) is 242 Å². The monoisotopic (exact) mass is 1910 g/mol. The van der Waals surface area contributed by atoms with E-state index in [0.717, 1.165) is 212 Å². The Morgan fingerprint density at radius 3 is 1.34 bits per heavy atom. The molecule has 4 amide bonds. The first-order valence-electron chi connectivity index (χ1n) is 49.0. The highest BCUT2D eigenvalue weighted by Gasteiger charge is 2.40. The van der Waals surface area contributed by atoms with E-state index in [1.165, 1.54) is 65.0 Å². The maximum absolute atomic E-state index is 12.0. The Kier molecular flexibility index (Phi) is 25.0. The third-order valence-corrected chi connectivity index (χ3v) is 29.1. The van der Waals surface area contributed by atoms with Crippen molar-refractivity contribution in [2.45, 2.75) is 94.7 Å². The number of rotatable bonds is 22. The lowest BCUT2D eigenvalue weighted by Gasteiger charge is -2.44. The average molecular weight is 1910 g/mol. The molecule has 1 saturated carbocycles. The van der Waals surface area contributed by atoms with Gasteiger partial charge in [-0.15, -0.1) is 0 Å². The van der Waals surface area contributed by atoms with E-state index in [9.17, 15) is 24.3 Å². The zero-order valence-electron chi connectivity index (χ0n) is 80.9. The zero-order valence-corrected chi connectivity index (χ0v) is 80.9. The molecule has 7 fully saturated rings. The van der Waals surface area contributed by atoms with Gasteiger partial charge in [0.1, 0.15) is 64.5 Å². The van der Waals surface area contributed by atoms with E-state index < -0.39 is 0 Å². The summed E-state index contributed by atoms with van der Waals surface area (Å²) < 4.78 is 1.88. The number of H-pyrrole nitrogens is 3. The quantitative estimate of drug-likeness (QED) is 0.0343. The molecule has 32 heteroatoms. The number of amides is 4. The Bertz CT molecular complexity index is 8070. The molecule has 144 heavy (non-hydrogen) atoms. The number of imidazole rings is 1. The second-order valence-electron chi connectivity index (χ2n) is 38.7. The number of nitrogens with one attached hydrogen (secondary N) is 5. The molecule has 0 atom stereocenters. The minimum Gasteiger partial charge on any atom is -0.508 e. The van der Waals surface area contributed by atoms with Gasteiger partial charge in [-0.3, -0.25) is 39.0 Å². The van der Waals surface area contributed by atoms with E-state index in [1.54, 1.807) is 56.7 Å². The van der Waals surface area contributed by atoms with Crippen LogP contribution in [0.4, 0.5) is 17.5 Å². The number of carbonyl (C=O) groups excluding carboxylic acids is 4. The lowest BCUT2D eigenvalue weighted by molar-refractivity contribution is -0.131. The number of benzene rings is 9. The molecule has 0 spiro atoms. The molecule has 1 aliphatic carbocycles. The summed E-state index contributed by atoms with van der Waals surface area (Å²) in [6.45, 7) is 30.4. The number of aromatic amines is 3. The first-order valence-corrected chi connectivity index (χ1v) is 49.0. The molecule has 6 saturated heterocycles. The molecule has 9 aromatic heterocycles. The van der Waals surface area contributed by atoms with Crippen LogP contribution in [0.25, 0.3) is 137 Å². The van der Waals surface area contributed by atoms with Crippen LogP contribution in [0.3, 0.4) is 0 Å². The van der Waals surface area contributed by atoms with Crippen molar-refractivity contribution in [2.24, 2.45) is 0 Å². The van der Waals surface area contributed by atoms with Crippen LogP contribution in [0.1, 0.15) is 95.2 Å². The van der Waals surface area contributed by atoms with E-state index in [2.05, 4.69) is 229 Å². The highest BCUT2D eigenvalue weighted by Crippen LogP contribution is 2.44. The standard InChI is InChI=1S/C30H33N7O.C28H26N8O.C27H29N7O.C27H21N5O2/c1-3-27(38)37-16-20(17-37)29-33-25-9-5-19(28-18(2)4-8-26-24(28)15-31-35-26)14-23(25)30(34-29)32-21-10-12-36(13-11-21)22-6-7-22;1-3-25(37)36-15-19(16-36)27-33-22-8-6-18(26-17(2)5-7-23-21(26)14-32-35-23)13-20(22)28(34-27)31-12-9-24-29-10-4-11-30-24;1-5-24(35)33-12-18(13-33)26-29-22-9-7-17(25-16(2)6-8-23-21(25)11-28-31-23)10-20(22)27(30-26)34-14-19(15-34)32(3)4;1-2-25(34)32-14-19(15-32)26-29-24-8-7-18(12-23(24)27(30-26)31-10-9-28-16-31)22-13-20(33)11-17-5-3-4-6-21(17)22/h3-5,8-9,14-15,20-22H,1,6-7,10-13,16-17H2,2H3,(H,31,35)(H,32,33,34);3-8,10-11,13-14,19H,1,9,12,15-16H2,2H3,(H,32,35)(H,31,33,34);5-11,18-19H,1,12-15H2,2-4H3,(H,28,31);2-13,16,19,33H,1,14-15H2. The van der Waals surface area contributed by atoms with Crippen LogP contribution in [-0.4, -0.2) is 265 Å². The molecule has 15 heterocycles. The van der Waals surface area contributed by atoms with Crippen LogP contribution in [0.15, 0.2) is 252 Å². The van der Waals surface area contributed by atoms with Crippen LogP contribution in [0, 0.1) is 20.8 Å². The zero-order chi connectivity index (χ0) is 98.7. The van der Waals surface area contributed by atoms with E-state index >= 15 is 0 Å². The van der Waals surface area contributed by atoms with Gasteiger partial charge in [-0.1, -0.05) is 93.0 Å². The van der Waals surface area contributed by atoms with Crippen LogP contribution in [-0.2, 0) is 25.6 Å².